The van der Waals surface area contributed by atoms with Gasteiger partial charge in [-0.1, -0.05) is 38.5 Å². The average molecular weight is 203 g/mol. The first-order chi connectivity index (χ1) is 7.24. The molecule has 0 fully saturated rings. The lowest BCUT2D eigenvalue weighted by Gasteiger charge is -2.16. The number of hydrogen-bond donors (Lipinski definition) is 1. The second-order valence-electron chi connectivity index (χ2n) is 4.10. The summed E-state index contributed by atoms with van der Waals surface area (Å²) in [5, 5.41) is 1.14. The summed E-state index contributed by atoms with van der Waals surface area (Å²) in [7, 11) is 0. The van der Waals surface area contributed by atoms with E-state index in [1.165, 1.54) is 0 Å². The molecule has 2 heteroatoms. The second-order valence-corrected chi connectivity index (χ2v) is 4.10. The van der Waals surface area contributed by atoms with E-state index in [0.29, 0.717) is 5.92 Å². The van der Waals surface area contributed by atoms with Crippen LogP contribution in [0.5, 0.6) is 0 Å². The number of hydrogen-bond acceptors (Lipinski definition) is 2. The summed E-state index contributed by atoms with van der Waals surface area (Å²) in [5.74, 6) is 0.478. The van der Waals surface area contributed by atoms with Gasteiger partial charge < -0.3 is 10.2 Å². The summed E-state index contributed by atoms with van der Waals surface area (Å²) >= 11 is 0. The van der Waals surface area contributed by atoms with Crippen LogP contribution in [0, 0.1) is 5.92 Å². The predicted octanol–water partition coefficient (Wildman–Crippen LogP) is 3.48. The lowest BCUT2D eigenvalue weighted by Crippen LogP contribution is -2.17. The molecule has 80 valence electrons. The zero-order valence-electron chi connectivity index (χ0n) is 9.23. The molecule has 1 aromatic heterocycles. The highest BCUT2D eigenvalue weighted by Gasteiger charge is 2.17. The molecular formula is C13H17NO. The van der Waals surface area contributed by atoms with Crippen molar-refractivity contribution in [1.82, 2.24) is 0 Å². The molecule has 0 amide bonds. The van der Waals surface area contributed by atoms with E-state index < -0.39 is 0 Å². The number of benzene rings is 1. The Kier molecular flexibility index (Phi) is 2.78. The van der Waals surface area contributed by atoms with Crippen molar-refractivity contribution in [1.29, 1.82) is 0 Å². The highest BCUT2D eigenvalue weighted by atomic mass is 16.3. The molecule has 0 bridgehead atoms. The molecule has 0 aliphatic carbocycles. The molecule has 2 rings (SSSR count). The second kappa shape index (κ2) is 4.07. The molecule has 2 N–H and O–H groups in total. The lowest BCUT2D eigenvalue weighted by molar-refractivity contribution is 0.453. The van der Waals surface area contributed by atoms with E-state index in [0.717, 1.165) is 23.0 Å². The van der Waals surface area contributed by atoms with Gasteiger partial charge in [0.25, 0.3) is 0 Å². The molecule has 0 saturated carbocycles. The summed E-state index contributed by atoms with van der Waals surface area (Å²) in [5.41, 5.74) is 8.25. The van der Waals surface area contributed by atoms with E-state index in [9.17, 15) is 0 Å². The van der Waals surface area contributed by atoms with Gasteiger partial charge in [-0.2, -0.15) is 0 Å². The van der Waals surface area contributed by atoms with Gasteiger partial charge in [0.15, 0.2) is 0 Å². The third-order valence-electron chi connectivity index (χ3n) is 3.13. The molecule has 0 saturated heterocycles. The van der Waals surface area contributed by atoms with Crippen LogP contribution in [0.3, 0.4) is 0 Å². The van der Waals surface area contributed by atoms with Gasteiger partial charge in [-0.3, -0.25) is 0 Å². The third kappa shape index (κ3) is 1.77. The van der Waals surface area contributed by atoms with Crippen molar-refractivity contribution in [3.05, 3.63) is 36.1 Å². The third-order valence-corrected chi connectivity index (χ3v) is 3.13. The highest BCUT2D eigenvalue weighted by Crippen LogP contribution is 2.29. The number of fused-ring (bicyclic) bond motifs is 1. The van der Waals surface area contributed by atoms with Crippen LogP contribution in [0.4, 0.5) is 0 Å². The molecule has 15 heavy (non-hydrogen) atoms. The summed E-state index contributed by atoms with van der Waals surface area (Å²) < 4.78 is 5.48. The van der Waals surface area contributed by atoms with E-state index in [4.69, 9.17) is 10.2 Å². The van der Waals surface area contributed by atoms with E-state index >= 15 is 0 Å². The van der Waals surface area contributed by atoms with Crippen LogP contribution in [0.2, 0.25) is 0 Å². The van der Waals surface area contributed by atoms with Gasteiger partial charge in [0.2, 0.25) is 0 Å². The van der Waals surface area contributed by atoms with Gasteiger partial charge in [0, 0.05) is 17.0 Å². The minimum Gasteiger partial charge on any atom is -0.464 e. The smallest absolute Gasteiger partial charge is 0.134 e. The minimum atomic E-state index is 0.0682. The molecule has 1 heterocycles. The van der Waals surface area contributed by atoms with Crippen molar-refractivity contribution in [2.45, 2.75) is 26.3 Å². The van der Waals surface area contributed by atoms with Gasteiger partial charge in [-0.15, -0.1) is 0 Å². The van der Waals surface area contributed by atoms with E-state index in [2.05, 4.69) is 19.9 Å². The molecule has 0 spiro atoms. The summed E-state index contributed by atoms with van der Waals surface area (Å²) in [6, 6.07) is 8.10. The molecule has 2 atom stereocenters. The van der Waals surface area contributed by atoms with Crippen LogP contribution in [-0.4, -0.2) is 0 Å². The Hall–Kier alpha value is -1.28. The summed E-state index contributed by atoms with van der Waals surface area (Å²) in [4.78, 5) is 0. The first-order valence-electron chi connectivity index (χ1n) is 5.45. The zero-order valence-corrected chi connectivity index (χ0v) is 9.23. The fourth-order valence-corrected chi connectivity index (χ4v) is 1.82. The topological polar surface area (TPSA) is 39.2 Å². The maximum atomic E-state index is 6.20. The van der Waals surface area contributed by atoms with Gasteiger partial charge in [0.1, 0.15) is 5.58 Å². The van der Waals surface area contributed by atoms with Gasteiger partial charge in [-0.05, 0) is 12.0 Å². The SMILES string of the molecule is CCC(C)C(N)c1coc2ccccc12. The molecule has 0 aliphatic heterocycles. The summed E-state index contributed by atoms with van der Waals surface area (Å²) in [6.45, 7) is 4.33. The van der Waals surface area contributed by atoms with Crippen molar-refractivity contribution < 1.29 is 4.42 Å². The van der Waals surface area contributed by atoms with Crippen molar-refractivity contribution in [3.8, 4) is 0 Å². The van der Waals surface area contributed by atoms with Crippen molar-refractivity contribution >= 4 is 11.0 Å². The Bertz CT molecular complexity index is 446. The molecule has 2 nitrogen and oxygen atoms in total. The standard InChI is InChI=1S/C13H17NO/c1-3-9(2)13(14)11-8-15-12-7-5-4-6-10(11)12/h4-9,13H,3,14H2,1-2H3. The number of rotatable bonds is 3. The number of furan rings is 1. The molecular weight excluding hydrogens is 186 g/mol. The Morgan fingerprint density at radius 2 is 2.07 bits per heavy atom. The first kappa shape index (κ1) is 10.2. The van der Waals surface area contributed by atoms with Crippen LogP contribution in [0.15, 0.2) is 34.9 Å². The van der Waals surface area contributed by atoms with Crippen LogP contribution >= 0.6 is 0 Å². The normalized spacial score (nSPS) is 15.4. The predicted molar refractivity (Wildman–Crippen MR) is 62.6 cm³/mol. The van der Waals surface area contributed by atoms with Crippen molar-refractivity contribution in [3.63, 3.8) is 0 Å². The Labute approximate surface area is 90.1 Å². The Morgan fingerprint density at radius 3 is 2.80 bits per heavy atom. The largest absolute Gasteiger partial charge is 0.464 e. The Balaban J connectivity index is 2.43. The van der Waals surface area contributed by atoms with Crippen LogP contribution < -0.4 is 5.73 Å². The maximum Gasteiger partial charge on any atom is 0.134 e. The highest BCUT2D eigenvalue weighted by molar-refractivity contribution is 5.81. The molecule has 0 aliphatic rings. The van der Waals surface area contributed by atoms with Crippen LogP contribution in [0.25, 0.3) is 11.0 Å². The fourth-order valence-electron chi connectivity index (χ4n) is 1.82. The minimum absolute atomic E-state index is 0.0682. The lowest BCUT2D eigenvalue weighted by atomic mass is 9.93. The van der Waals surface area contributed by atoms with Gasteiger partial charge in [0.05, 0.1) is 6.26 Å². The number of nitrogens with two attached hydrogens (primary N) is 1. The van der Waals surface area contributed by atoms with Crippen LogP contribution in [0.1, 0.15) is 31.9 Å². The quantitative estimate of drug-likeness (QED) is 0.829. The molecule has 1 aromatic carbocycles. The first-order valence-corrected chi connectivity index (χ1v) is 5.45. The van der Waals surface area contributed by atoms with Gasteiger partial charge in [-0.25, -0.2) is 0 Å². The molecule has 2 aromatic rings. The van der Waals surface area contributed by atoms with Gasteiger partial charge >= 0.3 is 0 Å². The van der Waals surface area contributed by atoms with E-state index in [-0.39, 0.29) is 6.04 Å². The Morgan fingerprint density at radius 1 is 1.33 bits per heavy atom. The summed E-state index contributed by atoms with van der Waals surface area (Å²) in [6.07, 6.45) is 2.88. The molecule has 2 unspecified atom stereocenters. The van der Waals surface area contributed by atoms with E-state index in [1.807, 2.05) is 18.2 Å². The van der Waals surface area contributed by atoms with Crippen molar-refractivity contribution in [2.24, 2.45) is 11.7 Å². The number of para-hydroxylation sites is 1. The zero-order chi connectivity index (χ0) is 10.8. The van der Waals surface area contributed by atoms with E-state index in [1.54, 1.807) is 6.26 Å². The van der Waals surface area contributed by atoms with Crippen molar-refractivity contribution in [2.75, 3.05) is 0 Å². The molecule has 0 radical (unpaired) electrons. The monoisotopic (exact) mass is 203 g/mol. The fraction of sp³-hybridized carbons (Fsp3) is 0.385. The van der Waals surface area contributed by atoms with Crippen LogP contribution in [-0.2, 0) is 0 Å². The maximum absolute atomic E-state index is 6.20. The average Bonchev–Trinajstić information content (AvgIpc) is 2.70.